The zero-order valence-electron chi connectivity index (χ0n) is 28.7. The molecule has 1 N–H and O–H groups in total. The fourth-order valence-electron chi connectivity index (χ4n) is 8.25. The lowest BCUT2D eigenvalue weighted by Crippen LogP contribution is -2.56. The summed E-state index contributed by atoms with van der Waals surface area (Å²) in [6.07, 6.45) is -0.397. The first-order valence-electron chi connectivity index (χ1n) is 17.1. The van der Waals surface area contributed by atoms with E-state index in [1.54, 1.807) is 42.2 Å². The summed E-state index contributed by atoms with van der Waals surface area (Å²) in [6.45, 7) is 4.75. The second-order valence-electron chi connectivity index (χ2n) is 13.6. The van der Waals surface area contributed by atoms with E-state index in [0.717, 1.165) is 43.4 Å². The Bertz CT molecular complexity index is 1710. The molecule has 3 fully saturated rings. The lowest BCUT2D eigenvalue weighted by atomic mass is 9.79. The van der Waals surface area contributed by atoms with Crippen molar-refractivity contribution in [3.63, 3.8) is 0 Å². The molecule has 14 heteroatoms. The number of halogens is 5. The Labute approximate surface area is 305 Å². The fourth-order valence-corrected chi connectivity index (χ4v) is 8.87. The van der Waals surface area contributed by atoms with Gasteiger partial charge in [0.2, 0.25) is 5.91 Å². The summed E-state index contributed by atoms with van der Waals surface area (Å²) in [5, 5.41) is 3.61. The number of carbonyl (C=O) groups is 3. The first-order chi connectivity index (χ1) is 24.3. The lowest BCUT2D eigenvalue weighted by Gasteiger charge is -2.46. The fraction of sp³-hybridized carbons (Fsp3) is 0.486. The van der Waals surface area contributed by atoms with Crippen molar-refractivity contribution in [1.82, 2.24) is 20.0 Å². The highest BCUT2D eigenvalue weighted by Crippen LogP contribution is 2.45. The number of piperidine rings is 1. The van der Waals surface area contributed by atoms with E-state index >= 15 is 0 Å². The Morgan fingerprint density at radius 3 is 1.96 bits per heavy atom. The van der Waals surface area contributed by atoms with Gasteiger partial charge in [0.05, 0.1) is 43.3 Å². The average molecular weight is 750 g/mol. The van der Waals surface area contributed by atoms with Crippen LogP contribution in [0.2, 0.25) is 10.0 Å². The number of allylic oxidation sites excluding steroid dienone is 1. The summed E-state index contributed by atoms with van der Waals surface area (Å²) in [6, 6.07) is 11.5. The van der Waals surface area contributed by atoms with E-state index in [9.17, 15) is 27.6 Å². The van der Waals surface area contributed by atoms with Crippen LogP contribution in [0.4, 0.5) is 13.2 Å². The van der Waals surface area contributed by atoms with E-state index in [-0.39, 0.29) is 33.5 Å². The third kappa shape index (κ3) is 7.65. The molecule has 2 aromatic rings. The van der Waals surface area contributed by atoms with Crippen LogP contribution in [0.1, 0.15) is 61.6 Å². The van der Waals surface area contributed by atoms with Crippen LogP contribution in [0.15, 0.2) is 65.0 Å². The molecule has 0 radical (unpaired) electrons. The number of carbonyl (C=O) groups excluding carboxylic acids is 3. The minimum atomic E-state index is -4.35. The van der Waals surface area contributed by atoms with Gasteiger partial charge in [0.15, 0.2) is 0 Å². The van der Waals surface area contributed by atoms with Crippen LogP contribution in [0.25, 0.3) is 0 Å². The van der Waals surface area contributed by atoms with Gasteiger partial charge in [-0.15, -0.1) is 0 Å². The third-order valence-electron chi connectivity index (χ3n) is 10.8. The minimum absolute atomic E-state index is 0.0593. The van der Waals surface area contributed by atoms with Gasteiger partial charge in [-0.3, -0.25) is 14.6 Å². The van der Waals surface area contributed by atoms with E-state index in [2.05, 4.69) is 15.1 Å². The number of nitrogens with zero attached hydrogens (tertiary/aromatic N) is 3. The van der Waals surface area contributed by atoms with Crippen molar-refractivity contribution in [1.29, 1.82) is 0 Å². The van der Waals surface area contributed by atoms with Gasteiger partial charge in [-0.25, -0.2) is 9.59 Å². The minimum Gasteiger partial charge on any atom is -0.466 e. The van der Waals surface area contributed by atoms with Gasteiger partial charge in [-0.2, -0.15) is 13.2 Å². The zero-order chi connectivity index (χ0) is 36.6. The maximum Gasteiger partial charge on any atom is 0.416 e. The van der Waals surface area contributed by atoms with Crippen molar-refractivity contribution in [2.24, 2.45) is 0 Å². The molecule has 0 spiro atoms. The number of ether oxygens (including phenoxy) is 2. The Balaban J connectivity index is 1.12. The number of amides is 1. The highest BCUT2D eigenvalue weighted by atomic mass is 35.5. The standard InChI is InChI=1S/C37H41Cl2F3N4O5/c1-21-31(35(48)50-2)34(32-27(38)5-4-6-28(32)39)33(36(49)51-3)29(43-21)19-30(47)45-15-13-44(14-16-45)26-17-24-11-12-25(18-26)46(24)20-22-7-9-23(10-8-22)37(40,41)42/h4-10,24-26,34,43H,11-20H2,1-3H3. The van der Waals surface area contributed by atoms with Gasteiger partial charge in [-0.05, 0) is 62.4 Å². The van der Waals surface area contributed by atoms with Gasteiger partial charge in [0, 0.05) is 77.9 Å². The molecular formula is C37H41Cl2F3N4O5. The first-order valence-corrected chi connectivity index (χ1v) is 17.8. The highest BCUT2D eigenvalue weighted by Gasteiger charge is 2.44. The second-order valence-corrected chi connectivity index (χ2v) is 14.4. The number of dihydropyridines is 1. The number of rotatable bonds is 8. The maximum absolute atomic E-state index is 13.8. The van der Waals surface area contributed by atoms with Crippen molar-refractivity contribution in [2.45, 2.75) is 75.8 Å². The highest BCUT2D eigenvalue weighted by molar-refractivity contribution is 6.36. The van der Waals surface area contributed by atoms with Crippen molar-refractivity contribution >= 4 is 41.0 Å². The summed E-state index contributed by atoms with van der Waals surface area (Å²) in [5.41, 5.74) is 1.49. The van der Waals surface area contributed by atoms with E-state index in [1.807, 2.05) is 0 Å². The molecule has 51 heavy (non-hydrogen) atoms. The summed E-state index contributed by atoms with van der Waals surface area (Å²) in [4.78, 5) is 47.0. The molecule has 2 aromatic carbocycles. The van der Waals surface area contributed by atoms with Crippen LogP contribution >= 0.6 is 23.2 Å². The van der Waals surface area contributed by atoms with E-state index in [1.165, 1.54) is 14.2 Å². The van der Waals surface area contributed by atoms with Crippen LogP contribution < -0.4 is 5.32 Å². The molecule has 9 nitrogen and oxygen atoms in total. The van der Waals surface area contributed by atoms with Crippen LogP contribution in [0.3, 0.4) is 0 Å². The number of alkyl halides is 3. The molecule has 3 unspecified atom stereocenters. The number of hydrogen-bond donors (Lipinski definition) is 1. The first kappa shape index (κ1) is 37.2. The van der Waals surface area contributed by atoms with Crippen molar-refractivity contribution < 1.29 is 37.0 Å². The van der Waals surface area contributed by atoms with Crippen molar-refractivity contribution in [3.8, 4) is 0 Å². The van der Waals surface area contributed by atoms with E-state index < -0.39 is 29.6 Å². The number of piperazine rings is 1. The quantitative estimate of drug-likeness (QED) is 0.315. The molecule has 4 aliphatic heterocycles. The topological polar surface area (TPSA) is 91.4 Å². The second kappa shape index (κ2) is 15.2. The summed E-state index contributed by atoms with van der Waals surface area (Å²) in [7, 11) is 2.47. The number of nitrogens with one attached hydrogen (secondary N) is 1. The van der Waals surface area contributed by atoms with Gasteiger partial charge >= 0.3 is 18.1 Å². The average Bonchev–Trinajstić information content (AvgIpc) is 3.32. The van der Waals surface area contributed by atoms with Gasteiger partial charge in [0.25, 0.3) is 0 Å². The summed E-state index contributed by atoms with van der Waals surface area (Å²) in [5.74, 6) is -2.62. The van der Waals surface area contributed by atoms with Crippen LogP contribution in [-0.2, 0) is 36.6 Å². The molecule has 6 rings (SSSR count). The molecule has 2 bridgehead atoms. The smallest absolute Gasteiger partial charge is 0.416 e. The van der Waals surface area contributed by atoms with Gasteiger partial charge < -0.3 is 19.7 Å². The predicted molar refractivity (Wildman–Crippen MR) is 186 cm³/mol. The Hall–Kier alpha value is -3.58. The number of benzene rings is 2. The molecule has 274 valence electrons. The largest absolute Gasteiger partial charge is 0.466 e. The third-order valence-corrected chi connectivity index (χ3v) is 11.4. The molecule has 4 aliphatic rings. The molecule has 0 aromatic heterocycles. The normalized spacial score (nSPS) is 24.4. The molecule has 4 heterocycles. The zero-order valence-corrected chi connectivity index (χ0v) is 30.2. The van der Waals surface area contributed by atoms with Crippen molar-refractivity contribution in [2.75, 3.05) is 40.4 Å². The number of fused-ring (bicyclic) bond motifs is 2. The number of methoxy groups -OCH3 is 2. The Morgan fingerprint density at radius 2 is 1.41 bits per heavy atom. The summed E-state index contributed by atoms with van der Waals surface area (Å²) < 4.78 is 49.4. The Kier molecular flexibility index (Phi) is 11.1. The SMILES string of the molecule is COC(=O)C1=C(C)NC(CC(=O)N2CCN(C3CC4CCC(C3)N4Cc3ccc(C(F)(F)F)cc3)CC2)=C(C(=O)OC)C1c1c(Cl)cccc1Cl. The molecule has 3 saturated heterocycles. The summed E-state index contributed by atoms with van der Waals surface area (Å²) >= 11 is 13.2. The van der Waals surface area contributed by atoms with Gasteiger partial charge in [0.1, 0.15) is 0 Å². The number of hydrogen-bond acceptors (Lipinski definition) is 8. The van der Waals surface area contributed by atoms with Gasteiger partial charge in [-0.1, -0.05) is 41.4 Å². The van der Waals surface area contributed by atoms with Crippen LogP contribution in [0.5, 0.6) is 0 Å². The molecule has 0 saturated carbocycles. The van der Waals surface area contributed by atoms with E-state index in [0.29, 0.717) is 67.8 Å². The Morgan fingerprint density at radius 1 is 0.843 bits per heavy atom. The maximum atomic E-state index is 13.8. The van der Waals surface area contributed by atoms with Crippen molar-refractivity contribution in [3.05, 3.63) is 91.7 Å². The monoisotopic (exact) mass is 748 g/mol. The van der Waals surface area contributed by atoms with E-state index in [4.69, 9.17) is 32.7 Å². The molecule has 0 aliphatic carbocycles. The predicted octanol–water partition coefficient (Wildman–Crippen LogP) is 6.30. The molecule has 1 amide bonds. The van der Waals surface area contributed by atoms with Crippen LogP contribution in [0, 0.1) is 0 Å². The molecular weight excluding hydrogens is 708 g/mol. The van der Waals surface area contributed by atoms with Crippen LogP contribution in [-0.4, -0.2) is 91.1 Å². The lowest BCUT2D eigenvalue weighted by molar-refractivity contribution is -0.138. The molecule has 3 atom stereocenters. The number of esters is 2.